The molecule has 4 heterocycles. The van der Waals surface area contributed by atoms with Crippen LogP contribution in [0, 0.1) is 12.8 Å². The number of hydrogen-bond donors (Lipinski definition) is 2. The minimum absolute atomic E-state index is 0.140. The maximum atomic E-state index is 13.2. The van der Waals surface area contributed by atoms with Crippen molar-refractivity contribution in [3.05, 3.63) is 65.2 Å². The Hall–Kier alpha value is -3.70. The van der Waals surface area contributed by atoms with Crippen LogP contribution in [0.1, 0.15) is 47.8 Å². The van der Waals surface area contributed by atoms with Crippen molar-refractivity contribution >= 4 is 27.4 Å². The van der Waals surface area contributed by atoms with Crippen molar-refractivity contribution in [2.24, 2.45) is 5.92 Å². The number of aromatic nitrogens is 4. The molecule has 10 nitrogen and oxygen atoms in total. The minimum atomic E-state index is -4.19. The number of ether oxygens (including phenoxy) is 1. The standard InChI is InChI=1S/C27H28N6O4S/c1-16-13-18-3-2-4-20(18)25(24(16)19-7-9-32-10-8-28-22(32)14-19)29-27(34)31-38(35,36)23-15-21-26(17-5-6-17)37-12-11-33(21)30-23/h7-10,13-15,17,26H,2-6,11-12H2,1H3,(H2,29,31,34). The highest BCUT2D eigenvalue weighted by molar-refractivity contribution is 7.90. The van der Waals surface area contributed by atoms with Gasteiger partial charge in [-0.25, -0.2) is 14.5 Å². The van der Waals surface area contributed by atoms with Gasteiger partial charge in [-0.2, -0.15) is 13.5 Å². The molecule has 2 N–H and O–H groups in total. The number of anilines is 1. The summed E-state index contributed by atoms with van der Waals surface area (Å²) >= 11 is 0. The highest BCUT2D eigenvalue weighted by Gasteiger charge is 2.38. The Labute approximate surface area is 220 Å². The van der Waals surface area contributed by atoms with E-state index in [1.165, 1.54) is 11.6 Å². The summed E-state index contributed by atoms with van der Waals surface area (Å²) in [7, 11) is -4.19. The van der Waals surface area contributed by atoms with Crippen LogP contribution in [0.3, 0.4) is 0 Å². The lowest BCUT2D eigenvalue weighted by atomic mass is 9.93. The number of rotatable bonds is 5. The highest BCUT2D eigenvalue weighted by Crippen LogP contribution is 2.45. The topological polar surface area (TPSA) is 120 Å². The molecule has 196 valence electrons. The van der Waals surface area contributed by atoms with Gasteiger partial charge in [0.15, 0.2) is 5.03 Å². The zero-order chi connectivity index (χ0) is 26.0. The van der Waals surface area contributed by atoms with E-state index in [0.29, 0.717) is 24.8 Å². The Balaban J connectivity index is 1.21. The molecule has 0 radical (unpaired) electrons. The van der Waals surface area contributed by atoms with E-state index in [1.54, 1.807) is 10.9 Å². The van der Waals surface area contributed by atoms with Crippen molar-refractivity contribution < 1.29 is 17.9 Å². The second-order valence-corrected chi connectivity index (χ2v) is 12.0. The number of carbonyl (C=O) groups excluding carboxylic acids is 1. The molecule has 1 fully saturated rings. The van der Waals surface area contributed by atoms with Gasteiger partial charge in [0, 0.05) is 30.2 Å². The number of nitrogens with one attached hydrogen (secondary N) is 2. The Bertz CT molecular complexity index is 1700. The first kappa shape index (κ1) is 23.4. The zero-order valence-corrected chi connectivity index (χ0v) is 21.8. The number of imidazole rings is 1. The van der Waals surface area contributed by atoms with Gasteiger partial charge in [0.2, 0.25) is 0 Å². The van der Waals surface area contributed by atoms with Gasteiger partial charge < -0.3 is 14.5 Å². The number of carbonyl (C=O) groups is 1. The lowest BCUT2D eigenvalue weighted by Crippen LogP contribution is -2.35. The molecule has 7 rings (SSSR count). The fraction of sp³-hybridized carbons (Fsp3) is 0.370. The highest BCUT2D eigenvalue weighted by atomic mass is 32.2. The van der Waals surface area contributed by atoms with Crippen LogP contribution in [-0.2, 0) is 34.1 Å². The predicted octanol–water partition coefficient (Wildman–Crippen LogP) is 3.99. The zero-order valence-electron chi connectivity index (χ0n) is 21.0. The van der Waals surface area contributed by atoms with Gasteiger partial charge in [-0.15, -0.1) is 0 Å². The number of nitrogens with zero attached hydrogens (tertiary/aromatic N) is 4. The molecule has 1 aromatic carbocycles. The summed E-state index contributed by atoms with van der Waals surface area (Å²) in [5, 5.41) is 7.03. The number of amides is 2. The first-order valence-electron chi connectivity index (χ1n) is 13.0. The van der Waals surface area contributed by atoms with E-state index in [0.717, 1.165) is 65.7 Å². The third-order valence-electron chi connectivity index (χ3n) is 7.76. The van der Waals surface area contributed by atoms with Crippen LogP contribution in [0.15, 0.2) is 47.9 Å². The molecule has 0 saturated heterocycles. The summed E-state index contributed by atoms with van der Waals surface area (Å²) in [6.45, 7) is 2.99. The van der Waals surface area contributed by atoms with Crippen molar-refractivity contribution in [2.45, 2.75) is 56.7 Å². The van der Waals surface area contributed by atoms with E-state index < -0.39 is 16.1 Å². The third-order valence-corrected chi connectivity index (χ3v) is 8.96. The number of pyridine rings is 1. The van der Waals surface area contributed by atoms with E-state index in [-0.39, 0.29) is 11.1 Å². The van der Waals surface area contributed by atoms with Crippen molar-refractivity contribution in [3.63, 3.8) is 0 Å². The summed E-state index contributed by atoms with van der Waals surface area (Å²) < 4.78 is 38.1. The molecule has 2 amide bonds. The molecule has 1 unspecified atom stereocenters. The van der Waals surface area contributed by atoms with Crippen LogP contribution in [0.4, 0.5) is 10.5 Å². The number of fused-ring (bicyclic) bond motifs is 3. The Morgan fingerprint density at radius 1 is 1.16 bits per heavy atom. The molecule has 1 saturated carbocycles. The van der Waals surface area contributed by atoms with Gasteiger partial charge in [0.1, 0.15) is 11.8 Å². The van der Waals surface area contributed by atoms with Crippen molar-refractivity contribution in [1.29, 1.82) is 0 Å². The SMILES string of the molecule is Cc1cc2c(c(NC(=O)NS(=O)(=O)c3cc4n(n3)CCOC4C3CC3)c1-c1ccn3ccnc3c1)CCC2. The van der Waals surface area contributed by atoms with E-state index >= 15 is 0 Å². The minimum Gasteiger partial charge on any atom is -0.370 e. The summed E-state index contributed by atoms with van der Waals surface area (Å²) in [6, 6.07) is 6.84. The molecular formula is C27H28N6O4S. The third kappa shape index (κ3) is 3.97. The molecule has 38 heavy (non-hydrogen) atoms. The molecule has 2 aliphatic carbocycles. The maximum Gasteiger partial charge on any atom is 0.333 e. The van der Waals surface area contributed by atoms with Gasteiger partial charge in [0.05, 0.1) is 24.5 Å². The maximum absolute atomic E-state index is 13.2. The molecule has 0 spiro atoms. The van der Waals surface area contributed by atoms with Gasteiger partial charge in [-0.3, -0.25) is 4.68 Å². The van der Waals surface area contributed by atoms with E-state index in [1.807, 2.05) is 35.9 Å². The second kappa shape index (κ2) is 8.67. The van der Waals surface area contributed by atoms with Gasteiger partial charge in [0.25, 0.3) is 10.0 Å². The van der Waals surface area contributed by atoms with Crippen molar-refractivity contribution in [3.8, 4) is 11.1 Å². The smallest absolute Gasteiger partial charge is 0.333 e. The largest absolute Gasteiger partial charge is 0.370 e. The van der Waals surface area contributed by atoms with E-state index in [9.17, 15) is 13.2 Å². The number of urea groups is 1. The van der Waals surface area contributed by atoms with Crippen LogP contribution in [0.5, 0.6) is 0 Å². The summed E-state index contributed by atoms with van der Waals surface area (Å²) in [5.41, 5.74) is 7.19. The average molecular weight is 533 g/mol. The number of sulfonamides is 1. The van der Waals surface area contributed by atoms with Crippen LogP contribution in [0.25, 0.3) is 16.8 Å². The fourth-order valence-electron chi connectivity index (χ4n) is 5.86. The lowest BCUT2D eigenvalue weighted by molar-refractivity contribution is 0.00273. The molecule has 3 aliphatic rings. The number of benzene rings is 1. The molecule has 1 aliphatic heterocycles. The quantitative estimate of drug-likeness (QED) is 0.401. The Kier molecular flexibility index (Phi) is 5.34. The summed E-state index contributed by atoms with van der Waals surface area (Å²) in [5.74, 6) is 0.403. The second-order valence-electron chi connectivity index (χ2n) is 10.4. The molecule has 3 aromatic heterocycles. The molecular weight excluding hydrogens is 504 g/mol. The van der Waals surface area contributed by atoms with Crippen LogP contribution in [0.2, 0.25) is 0 Å². The lowest BCUT2D eigenvalue weighted by Gasteiger charge is -2.23. The molecule has 0 bridgehead atoms. The number of hydrogen-bond acceptors (Lipinski definition) is 6. The molecule has 1 atom stereocenters. The van der Waals surface area contributed by atoms with Crippen molar-refractivity contribution in [1.82, 2.24) is 23.9 Å². The van der Waals surface area contributed by atoms with Crippen LogP contribution < -0.4 is 10.0 Å². The Morgan fingerprint density at radius 3 is 2.87 bits per heavy atom. The summed E-state index contributed by atoms with van der Waals surface area (Å²) in [6.07, 6.45) is 10.2. The molecule has 4 aromatic rings. The number of aryl methyl sites for hydroxylation is 2. The van der Waals surface area contributed by atoms with Crippen LogP contribution in [-0.4, -0.2) is 40.2 Å². The van der Waals surface area contributed by atoms with E-state index in [4.69, 9.17) is 4.74 Å². The van der Waals surface area contributed by atoms with E-state index in [2.05, 4.69) is 26.2 Å². The fourth-order valence-corrected chi connectivity index (χ4v) is 6.74. The average Bonchev–Trinajstić information content (AvgIpc) is 3.26. The van der Waals surface area contributed by atoms with Crippen LogP contribution >= 0.6 is 0 Å². The van der Waals surface area contributed by atoms with Gasteiger partial charge in [-0.05, 0) is 79.3 Å². The Morgan fingerprint density at radius 2 is 2.03 bits per heavy atom. The monoisotopic (exact) mass is 532 g/mol. The normalized spacial score (nSPS) is 18.8. The first-order valence-corrected chi connectivity index (χ1v) is 14.5. The predicted molar refractivity (Wildman–Crippen MR) is 140 cm³/mol. The summed E-state index contributed by atoms with van der Waals surface area (Å²) in [4.78, 5) is 17.6. The molecule has 11 heteroatoms. The van der Waals surface area contributed by atoms with Crippen molar-refractivity contribution in [2.75, 3.05) is 11.9 Å². The van der Waals surface area contributed by atoms with Gasteiger partial charge in [-0.1, -0.05) is 6.07 Å². The van der Waals surface area contributed by atoms with Gasteiger partial charge >= 0.3 is 6.03 Å². The first-order chi connectivity index (χ1) is 18.4.